The summed E-state index contributed by atoms with van der Waals surface area (Å²) in [5.74, 6) is -1.85. The summed E-state index contributed by atoms with van der Waals surface area (Å²) in [6.07, 6.45) is 0. The van der Waals surface area contributed by atoms with Gasteiger partial charge in [0.25, 0.3) is 5.91 Å². The maximum absolute atomic E-state index is 12.3. The van der Waals surface area contributed by atoms with Crippen molar-refractivity contribution in [1.29, 1.82) is 0 Å². The zero-order valence-electron chi connectivity index (χ0n) is 11.0. The average Bonchev–Trinajstić information content (AvgIpc) is 2.41. The van der Waals surface area contributed by atoms with Crippen molar-refractivity contribution in [3.63, 3.8) is 0 Å². The molecule has 0 heterocycles. The second-order valence-corrected chi connectivity index (χ2v) is 4.98. The van der Waals surface area contributed by atoms with Gasteiger partial charge in [0.1, 0.15) is 6.54 Å². The molecule has 0 fully saturated rings. The number of benzene rings is 1. The van der Waals surface area contributed by atoms with E-state index in [2.05, 4.69) is 0 Å². The molecule has 7 heteroatoms. The third-order valence-corrected chi connectivity index (χ3v) is 3.58. The molecule has 1 aromatic rings. The van der Waals surface area contributed by atoms with Crippen LogP contribution in [0.1, 0.15) is 17.3 Å². The molecule has 1 aromatic carbocycles. The van der Waals surface area contributed by atoms with E-state index in [1.165, 1.54) is 4.90 Å². The first-order valence-electron chi connectivity index (χ1n) is 5.97. The lowest BCUT2D eigenvalue weighted by Gasteiger charge is -2.20. The number of nitrogens with zero attached hydrogens (tertiary/aromatic N) is 1. The van der Waals surface area contributed by atoms with Crippen molar-refractivity contribution >= 4 is 29.5 Å². The largest absolute Gasteiger partial charge is 0.480 e. The van der Waals surface area contributed by atoms with Gasteiger partial charge in [-0.15, -0.1) is 11.8 Å². The Morgan fingerprint density at radius 3 is 2.50 bits per heavy atom. The van der Waals surface area contributed by atoms with Crippen LogP contribution in [0.2, 0.25) is 0 Å². The Bertz CT molecular complexity index is 519. The zero-order chi connectivity index (χ0) is 15.1. The van der Waals surface area contributed by atoms with Gasteiger partial charge in [-0.2, -0.15) is 0 Å². The predicted octanol–water partition coefficient (Wildman–Crippen LogP) is 0.811. The number of carboxylic acid groups (broad SMARTS) is 1. The summed E-state index contributed by atoms with van der Waals surface area (Å²) in [6.45, 7) is 1.64. The molecule has 0 aromatic heterocycles. The summed E-state index contributed by atoms with van der Waals surface area (Å²) in [4.78, 5) is 35.7. The molecule has 0 radical (unpaired) electrons. The van der Waals surface area contributed by atoms with Crippen LogP contribution < -0.4 is 5.73 Å². The number of aliphatic carboxylic acids is 1. The molecule has 1 rings (SSSR count). The zero-order valence-corrected chi connectivity index (χ0v) is 11.9. The Morgan fingerprint density at radius 1 is 1.30 bits per heavy atom. The summed E-state index contributed by atoms with van der Waals surface area (Å²) in [5.41, 5.74) is 5.46. The van der Waals surface area contributed by atoms with Crippen LogP contribution in [0.3, 0.4) is 0 Å². The van der Waals surface area contributed by atoms with Gasteiger partial charge in [-0.3, -0.25) is 14.4 Å². The summed E-state index contributed by atoms with van der Waals surface area (Å²) < 4.78 is 0. The van der Waals surface area contributed by atoms with Crippen molar-refractivity contribution in [3.8, 4) is 0 Å². The van der Waals surface area contributed by atoms with Gasteiger partial charge in [0.05, 0.1) is 11.3 Å². The number of carbonyl (C=O) groups is 3. The van der Waals surface area contributed by atoms with Crippen molar-refractivity contribution in [2.24, 2.45) is 5.73 Å². The lowest BCUT2D eigenvalue weighted by molar-refractivity contribution is -0.137. The number of hydrogen-bond acceptors (Lipinski definition) is 4. The standard InChI is InChI=1S/C13H16N2O4S/c1-2-15(7-12(17)18)13(19)9-5-3-4-6-10(9)20-8-11(14)16/h3-6H,2,7-8H2,1H3,(H2,14,16)(H,17,18). The first-order chi connectivity index (χ1) is 9.45. The predicted molar refractivity (Wildman–Crippen MR) is 75.6 cm³/mol. The molecular weight excluding hydrogens is 280 g/mol. The van der Waals surface area contributed by atoms with Crippen molar-refractivity contribution in [3.05, 3.63) is 29.8 Å². The SMILES string of the molecule is CCN(CC(=O)O)C(=O)c1ccccc1SCC(N)=O. The van der Waals surface area contributed by atoms with Crippen molar-refractivity contribution in [2.45, 2.75) is 11.8 Å². The monoisotopic (exact) mass is 296 g/mol. The number of rotatable bonds is 7. The quantitative estimate of drug-likeness (QED) is 0.725. The molecule has 20 heavy (non-hydrogen) atoms. The number of amides is 2. The maximum Gasteiger partial charge on any atom is 0.323 e. The van der Waals surface area contributed by atoms with E-state index in [0.717, 1.165) is 11.8 Å². The Hall–Kier alpha value is -2.02. The molecule has 0 aliphatic heterocycles. The molecule has 0 spiro atoms. The average molecular weight is 296 g/mol. The van der Waals surface area contributed by atoms with E-state index in [1.54, 1.807) is 31.2 Å². The minimum Gasteiger partial charge on any atom is -0.480 e. The molecule has 0 aliphatic rings. The Morgan fingerprint density at radius 2 is 1.95 bits per heavy atom. The van der Waals surface area contributed by atoms with E-state index in [4.69, 9.17) is 10.8 Å². The fourth-order valence-corrected chi connectivity index (χ4v) is 2.36. The molecule has 0 unspecified atom stereocenters. The van der Waals surface area contributed by atoms with Crippen LogP contribution >= 0.6 is 11.8 Å². The second-order valence-electron chi connectivity index (χ2n) is 3.96. The summed E-state index contributed by atoms with van der Waals surface area (Å²) in [5, 5.41) is 8.80. The maximum atomic E-state index is 12.3. The minimum atomic E-state index is -1.07. The van der Waals surface area contributed by atoms with E-state index < -0.39 is 11.9 Å². The highest BCUT2D eigenvalue weighted by molar-refractivity contribution is 8.00. The molecule has 0 aliphatic carbocycles. The first-order valence-corrected chi connectivity index (χ1v) is 6.95. The highest BCUT2D eigenvalue weighted by Gasteiger charge is 2.19. The van der Waals surface area contributed by atoms with Crippen LogP contribution in [0.4, 0.5) is 0 Å². The molecule has 0 bridgehead atoms. The molecule has 2 amide bonds. The Labute approximate surface area is 120 Å². The summed E-state index contributed by atoms with van der Waals surface area (Å²) >= 11 is 1.16. The van der Waals surface area contributed by atoms with Crippen LogP contribution in [0.5, 0.6) is 0 Å². The first kappa shape index (κ1) is 16.0. The van der Waals surface area contributed by atoms with Crippen LogP contribution in [0.25, 0.3) is 0 Å². The molecule has 3 N–H and O–H groups in total. The van der Waals surface area contributed by atoms with Gasteiger partial charge in [0.2, 0.25) is 5.91 Å². The number of thioether (sulfide) groups is 1. The third-order valence-electron chi connectivity index (χ3n) is 2.48. The third kappa shape index (κ3) is 4.58. The molecule has 0 atom stereocenters. The lowest BCUT2D eigenvalue weighted by Crippen LogP contribution is -2.35. The van der Waals surface area contributed by atoms with Crippen LogP contribution in [-0.4, -0.2) is 46.6 Å². The van der Waals surface area contributed by atoms with E-state index in [0.29, 0.717) is 17.0 Å². The van der Waals surface area contributed by atoms with E-state index >= 15 is 0 Å². The summed E-state index contributed by atoms with van der Waals surface area (Å²) in [6, 6.07) is 6.75. The van der Waals surface area contributed by atoms with Gasteiger partial charge in [0.15, 0.2) is 0 Å². The lowest BCUT2D eigenvalue weighted by atomic mass is 10.2. The molecule has 6 nitrogen and oxygen atoms in total. The number of carboxylic acids is 1. The van der Waals surface area contributed by atoms with Crippen LogP contribution in [0.15, 0.2) is 29.2 Å². The van der Waals surface area contributed by atoms with E-state index in [1.807, 2.05) is 0 Å². The van der Waals surface area contributed by atoms with Gasteiger partial charge < -0.3 is 15.7 Å². The second kappa shape index (κ2) is 7.54. The van der Waals surface area contributed by atoms with Gasteiger partial charge in [-0.25, -0.2) is 0 Å². The van der Waals surface area contributed by atoms with Gasteiger partial charge in [-0.05, 0) is 19.1 Å². The number of likely N-dealkylation sites (N-methyl/N-ethyl adjacent to an activating group) is 1. The number of primary amides is 1. The van der Waals surface area contributed by atoms with Crippen LogP contribution in [0, 0.1) is 0 Å². The van der Waals surface area contributed by atoms with E-state index in [-0.39, 0.29) is 18.2 Å². The number of hydrogen-bond donors (Lipinski definition) is 2. The molecule has 0 saturated heterocycles. The smallest absolute Gasteiger partial charge is 0.323 e. The Kier molecular flexibility index (Phi) is 6.05. The highest BCUT2D eigenvalue weighted by Crippen LogP contribution is 2.23. The van der Waals surface area contributed by atoms with E-state index in [9.17, 15) is 14.4 Å². The Balaban J connectivity index is 2.96. The fourth-order valence-electron chi connectivity index (χ4n) is 1.58. The van der Waals surface area contributed by atoms with Crippen LogP contribution in [-0.2, 0) is 9.59 Å². The van der Waals surface area contributed by atoms with Gasteiger partial charge in [0, 0.05) is 11.4 Å². The fraction of sp³-hybridized carbons (Fsp3) is 0.308. The van der Waals surface area contributed by atoms with Gasteiger partial charge in [-0.1, -0.05) is 12.1 Å². The number of nitrogens with two attached hydrogens (primary N) is 1. The van der Waals surface area contributed by atoms with Crippen molar-refractivity contribution < 1.29 is 19.5 Å². The molecule has 0 saturated carbocycles. The number of carbonyl (C=O) groups excluding carboxylic acids is 2. The molecule has 108 valence electrons. The van der Waals surface area contributed by atoms with Crippen molar-refractivity contribution in [1.82, 2.24) is 4.90 Å². The summed E-state index contributed by atoms with van der Waals surface area (Å²) in [7, 11) is 0. The van der Waals surface area contributed by atoms with Gasteiger partial charge >= 0.3 is 5.97 Å². The normalized spacial score (nSPS) is 10.1. The topological polar surface area (TPSA) is 101 Å². The minimum absolute atomic E-state index is 0.0648. The van der Waals surface area contributed by atoms with Crippen molar-refractivity contribution in [2.75, 3.05) is 18.8 Å². The molecular formula is C13H16N2O4S. The highest BCUT2D eigenvalue weighted by atomic mass is 32.2.